The lowest BCUT2D eigenvalue weighted by Gasteiger charge is -2.24. The Hall–Kier alpha value is -1.88. The zero-order valence-electron chi connectivity index (χ0n) is 12.8. The molecule has 21 heavy (non-hydrogen) atoms. The molecule has 1 fully saturated rings. The van der Waals surface area contributed by atoms with Crippen molar-refractivity contribution in [3.05, 3.63) is 23.8 Å². The molecule has 1 aliphatic rings. The zero-order chi connectivity index (χ0) is 15.6. The first-order chi connectivity index (χ1) is 9.84. The highest BCUT2D eigenvalue weighted by molar-refractivity contribution is 5.99. The molecule has 0 radical (unpaired) electrons. The first-order valence-electron chi connectivity index (χ1n) is 7.35. The zero-order valence-corrected chi connectivity index (χ0v) is 12.8. The van der Waals surface area contributed by atoms with E-state index in [0.717, 1.165) is 18.4 Å². The van der Waals surface area contributed by atoms with Crippen LogP contribution >= 0.6 is 0 Å². The topological polar surface area (TPSA) is 84.2 Å². The molecule has 1 aromatic rings. The lowest BCUT2D eigenvalue weighted by molar-refractivity contribution is -0.121. The molecule has 1 aliphatic carbocycles. The van der Waals surface area contributed by atoms with Crippen molar-refractivity contribution in [3.8, 4) is 0 Å². The average molecular weight is 289 g/mol. The molecule has 0 aliphatic heterocycles. The van der Waals surface area contributed by atoms with Crippen LogP contribution in [0.25, 0.3) is 0 Å². The summed E-state index contributed by atoms with van der Waals surface area (Å²) in [6.07, 6.45) is 2.43. The standard InChI is InChI=1S/C16H23N3O2/c1-4-14(20)18-12-8-5-10(2)13(9-12)19-15(21)16(3,17)11-6-7-11/h5,8-9,11H,4,6-7,17H2,1-3H3,(H,18,20)(H,19,21). The third kappa shape index (κ3) is 3.61. The van der Waals surface area contributed by atoms with Crippen molar-refractivity contribution in [3.63, 3.8) is 0 Å². The molecule has 114 valence electrons. The molecule has 0 bridgehead atoms. The van der Waals surface area contributed by atoms with Crippen LogP contribution in [-0.2, 0) is 9.59 Å². The van der Waals surface area contributed by atoms with Gasteiger partial charge in [-0.25, -0.2) is 0 Å². The van der Waals surface area contributed by atoms with Crippen molar-refractivity contribution < 1.29 is 9.59 Å². The summed E-state index contributed by atoms with van der Waals surface area (Å²) in [6, 6.07) is 5.46. The number of benzene rings is 1. The van der Waals surface area contributed by atoms with Crippen LogP contribution in [-0.4, -0.2) is 17.4 Å². The van der Waals surface area contributed by atoms with Crippen molar-refractivity contribution in [1.82, 2.24) is 0 Å². The van der Waals surface area contributed by atoms with Crippen LogP contribution in [0.1, 0.15) is 38.7 Å². The average Bonchev–Trinajstić information content (AvgIpc) is 3.27. The van der Waals surface area contributed by atoms with Crippen LogP contribution in [0.5, 0.6) is 0 Å². The lowest BCUT2D eigenvalue weighted by Crippen LogP contribution is -2.50. The molecule has 2 rings (SSSR count). The highest BCUT2D eigenvalue weighted by Crippen LogP contribution is 2.38. The molecular formula is C16H23N3O2. The van der Waals surface area contributed by atoms with Crippen LogP contribution in [0, 0.1) is 12.8 Å². The SMILES string of the molecule is CCC(=O)Nc1ccc(C)c(NC(=O)C(C)(N)C2CC2)c1. The second-order valence-corrected chi connectivity index (χ2v) is 5.94. The van der Waals surface area contributed by atoms with Gasteiger partial charge in [0.2, 0.25) is 11.8 Å². The van der Waals surface area contributed by atoms with E-state index in [1.54, 1.807) is 19.9 Å². The Morgan fingerprint density at radius 3 is 2.57 bits per heavy atom. The van der Waals surface area contributed by atoms with Crippen LogP contribution in [0.15, 0.2) is 18.2 Å². The van der Waals surface area contributed by atoms with E-state index in [1.165, 1.54) is 0 Å². The number of anilines is 2. The van der Waals surface area contributed by atoms with Crippen molar-refractivity contribution in [2.45, 2.75) is 45.6 Å². The fourth-order valence-corrected chi connectivity index (χ4v) is 2.21. The minimum absolute atomic E-state index is 0.0576. The van der Waals surface area contributed by atoms with E-state index in [-0.39, 0.29) is 17.7 Å². The smallest absolute Gasteiger partial charge is 0.244 e. The molecule has 0 aromatic heterocycles. The van der Waals surface area contributed by atoms with Crippen LogP contribution in [0.4, 0.5) is 11.4 Å². The Bertz CT molecular complexity index is 563. The summed E-state index contributed by atoms with van der Waals surface area (Å²) in [5.74, 6) is 0.0330. The second-order valence-electron chi connectivity index (χ2n) is 5.94. The number of carbonyl (C=O) groups excluding carboxylic acids is 2. The largest absolute Gasteiger partial charge is 0.326 e. The van der Waals surface area contributed by atoms with Gasteiger partial charge in [0.05, 0.1) is 5.54 Å². The normalized spacial score (nSPS) is 17.0. The highest BCUT2D eigenvalue weighted by Gasteiger charge is 2.44. The van der Waals surface area contributed by atoms with Gasteiger partial charge in [-0.15, -0.1) is 0 Å². The maximum atomic E-state index is 12.3. The number of rotatable bonds is 5. The number of nitrogens with one attached hydrogen (secondary N) is 2. The van der Waals surface area contributed by atoms with E-state index >= 15 is 0 Å². The number of carbonyl (C=O) groups is 2. The van der Waals surface area contributed by atoms with Gasteiger partial charge in [0.25, 0.3) is 0 Å². The third-order valence-corrected chi connectivity index (χ3v) is 4.01. The van der Waals surface area contributed by atoms with E-state index in [4.69, 9.17) is 5.73 Å². The van der Waals surface area contributed by atoms with Gasteiger partial charge in [-0.1, -0.05) is 13.0 Å². The fraction of sp³-hybridized carbons (Fsp3) is 0.500. The summed E-state index contributed by atoms with van der Waals surface area (Å²) in [5, 5.41) is 5.67. The van der Waals surface area contributed by atoms with Crippen molar-refractivity contribution in [1.29, 1.82) is 0 Å². The molecule has 0 heterocycles. The van der Waals surface area contributed by atoms with Crippen LogP contribution in [0.3, 0.4) is 0 Å². The van der Waals surface area contributed by atoms with Crippen molar-refractivity contribution in [2.75, 3.05) is 10.6 Å². The molecule has 1 saturated carbocycles. The number of hydrogen-bond acceptors (Lipinski definition) is 3. The number of aryl methyl sites for hydroxylation is 1. The van der Waals surface area contributed by atoms with Crippen LogP contribution < -0.4 is 16.4 Å². The lowest BCUT2D eigenvalue weighted by atomic mass is 9.96. The maximum Gasteiger partial charge on any atom is 0.244 e. The Labute approximate surface area is 125 Å². The number of nitrogens with two attached hydrogens (primary N) is 1. The minimum atomic E-state index is -0.838. The molecule has 1 unspecified atom stereocenters. The molecule has 0 saturated heterocycles. The Morgan fingerprint density at radius 1 is 1.33 bits per heavy atom. The van der Waals surface area contributed by atoms with Gasteiger partial charge >= 0.3 is 0 Å². The van der Waals surface area contributed by atoms with E-state index in [1.807, 2.05) is 19.1 Å². The van der Waals surface area contributed by atoms with E-state index in [2.05, 4.69) is 10.6 Å². The van der Waals surface area contributed by atoms with Gasteiger partial charge in [0.15, 0.2) is 0 Å². The maximum absolute atomic E-state index is 12.3. The molecule has 2 amide bonds. The first kappa shape index (κ1) is 15.5. The van der Waals surface area contributed by atoms with Crippen molar-refractivity contribution in [2.24, 2.45) is 11.7 Å². The van der Waals surface area contributed by atoms with Crippen LogP contribution in [0.2, 0.25) is 0 Å². The number of amides is 2. The Morgan fingerprint density at radius 2 is 2.00 bits per heavy atom. The Balaban J connectivity index is 2.13. The molecule has 0 spiro atoms. The van der Waals surface area contributed by atoms with Gasteiger partial charge in [0.1, 0.15) is 0 Å². The molecule has 5 nitrogen and oxygen atoms in total. The van der Waals surface area contributed by atoms with Gasteiger partial charge in [0, 0.05) is 17.8 Å². The van der Waals surface area contributed by atoms with E-state index in [9.17, 15) is 9.59 Å². The monoisotopic (exact) mass is 289 g/mol. The van der Waals surface area contributed by atoms with Gasteiger partial charge in [-0.05, 0) is 50.3 Å². The Kier molecular flexibility index (Phi) is 4.32. The number of hydrogen-bond donors (Lipinski definition) is 3. The first-order valence-corrected chi connectivity index (χ1v) is 7.35. The molecule has 5 heteroatoms. The van der Waals surface area contributed by atoms with Gasteiger partial charge in [-0.2, -0.15) is 0 Å². The summed E-state index contributed by atoms with van der Waals surface area (Å²) in [4.78, 5) is 23.8. The molecular weight excluding hydrogens is 266 g/mol. The summed E-state index contributed by atoms with van der Waals surface area (Å²) in [6.45, 7) is 5.48. The summed E-state index contributed by atoms with van der Waals surface area (Å²) >= 11 is 0. The fourth-order valence-electron chi connectivity index (χ4n) is 2.21. The third-order valence-electron chi connectivity index (χ3n) is 4.01. The van der Waals surface area contributed by atoms with E-state index < -0.39 is 5.54 Å². The minimum Gasteiger partial charge on any atom is -0.326 e. The van der Waals surface area contributed by atoms with E-state index in [0.29, 0.717) is 17.8 Å². The quantitative estimate of drug-likeness (QED) is 0.778. The highest BCUT2D eigenvalue weighted by atomic mass is 16.2. The molecule has 1 aromatic carbocycles. The second kappa shape index (κ2) is 5.85. The molecule has 1 atom stereocenters. The summed E-state index contributed by atoms with van der Waals surface area (Å²) < 4.78 is 0. The predicted octanol–water partition coefficient (Wildman–Crippen LogP) is 2.41. The van der Waals surface area contributed by atoms with Crippen molar-refractivity contribution >= 4 is 23.2 Å². The molecule has 4 N–H and O–H groups in total. The summed E-state index contributed by atoms with van der Waals surface area (Å²) in [5.41, 5.74) is 7.58. The van der Waals surface area contributed by atoms with Gasteiger partial charge in [-0.3, -0.25) is 9.59 Å². The van der Waals surface area contributed by atoms with Gasteiger partial charge < -0.3 is 16.4 Å². The summed E-state index contributed by atoms with van der Waals surface area (Å²) in [7, 11) is 0. The predicted molar refractivity (Wildman–Crippen MR) is 84.0 cm³/mol.